The lowest BCUT2D eigenvalue weighted by atomic mass is 10.0. The van der Waals surface area contributed by atoms with Crippen LogP contribution < -0.4 is 5.32 Å². The number of hydrogen-bond acceptors (Lipinski definition) is 2. The Morgan fingerprint density at radius 2 is 1.79 bits per heavy atom. The Kier molecular flexibility index (Phi) is 8.19. The van der Waals surface area contributed by atoms with Crippen molar-refractivity contribution in [3.05, 3.63) is 0 Å². The standard InChI is InChI=1S/C14H28N2O3/c1-6-7-12(13(17)18)8-15-14(19)16(11(4)5)9-10(2)3/h10-12H,6-9H2,1-5H3,(H,15,19)(H,17,18). The van der Waals surface area contributed by atoms with Gasteiger partial charge in [0.2, 0.25) is 0 Å². The van der Waals surface area contributed by atoms with E-state index < -0.39 is 11.9 Å². The summed E-state index contributed by atoms with van der Waals surface area (Å²) in [5, 5.41) is 11.8. The van der Waals surface area contributed by atoms with Crippen LogP contribution in [-0.4, -0.2) is 41.1 Å². The molecule has 5 heteroatoms. The predicted octanol–water partition coefficient (Wildman–Crippen LogP) is 2.56. The van der Waals surface area contributed by atoms with Gasteiger partial charge in [-0.05, 0) is 26.2 Å². The summed E-state index contributed by atoms with van der Waals surface area (Å²) < 4.78 is 0. The summed E-state index contributed by atoms with van der Waals surface area (Å²) in [4.78, 5) is 24.8. The van der Waals surface area contributed by atoms with Crippen molar-refractivity contribution in [2.45, 2.75) is 53.5 Å². The Bertz CT molecular complexity index is 290. The summed E-state index contributed by atoms with van der Waals surface area (Å²) in [7, 11) is 0. The quantitative estimate of drug-likeness (QED) is 0.713. The van der Waals surface area contributed by atoms with Crippen LogP contribution in [0.1, 0.15) is 47.5 Å². The lowest BCUT2D eigenvalue weighted by molar-refractivity contribution is -0.141. The first-order valence-corrected chi connectivity index (χ1v) is 7.06. The summed E-state index contributed by atoms with van der Waals surface area (Å²) in [5.41, 5.74) is 0. The zero-order valence-electron chi connectivity index (χ0n) is 12.8. The van der Waals surface area contributed by atoms with Crippen LogP contribution in [-0.2, 0) is 4.79 Å². The fourth-order valence-corrected chi connectivity index (χ4v) is 1.89. The van der Waals surface area contributed by atoms with Gasteiger partial charge in [0.25, 0.3) is 0 Å². The van der Waals surface area contributed by atoms with E-state index in [1.807, 2.05) is 20.8 Å². The second-order valence-electron chi connectivity index (χ2n) is 5.65. The Morgan fingerprint density at radius 3 is 2.16 bits per heavy atom. The number of carboxylic acid groups (broad SMARTS) is 1. The van der Waals surface area contributed by atoms with Gasteiger partial charge in [-0.25, -0.2) is 4.79 Å². The molecule has 0 saturated carbocycles. The van der Waals surface area contributed by atoms with Crippen LogP contribution in [0, 0.1) is 11.8 Å². The maximum Gasteiger partial charge on any atom is 0.317 e. The lowest BCUT2D eigenvalue weighted by Crippen LogP contribution is -2.47. The summed E-state index contributed by atoms with van der Waals surface area (Å²) in [6, 6.07) is -0.0668. The van der Waals surface area contributed by atoms with Crippen LogP contribution in [0.15, 0.2) is 0 Å². The fraction of sp³-hybridized carbons (Fsp3) is 0.857. The monoisotopic (exact) mass is 272 g/mol. The maximum absolute atomic E-state index is 12.1. The minimum Gasteiger partial charge on any atom is -0.481 e. The molecule has 0 rings (SSSR count). The third-order valence-corrected chi connectivity index (χ3v) is 2.93. The van der Waals surface area contributed by atoms with Crippen LogP contribution in [0.4, 0.5) is 4.79 Å². The van der Waals surface area contributed by atoms with E-state index in [9.17, 15) is 9.59 Å². The van der Waals surface area contributed by atoms with Gasteiger partial charge in [0.1, 0.15) is 0 Å². The number of carbonyl (C=O) groups is 2. The molecule has 2 amide bonds. The third-order valence-electron chi connectivity index (χ3n) is 2.93. The first kappa shape index (κ1) is 17.7. The average molecular weight is 272 g/mol. The van der Waals surface area contributed by atoms with Gasteiger partial charge in [-0.1, -0.05) is 27.2 Å². The van der Waals surface area contributed by atoms with Crippen LogP contribution in [0.3, 0.4) is 0 Å². The average Bonchev–Trinajstić information content (AvgIpc) is 2.30. The highest BCUT2D eigenvalue weighted by molar-refractivity contribution is 5.76. The van der Waals surface area contributed by atoms with Crippen LogP contribution >= 0.6 is 0 Å². The van der Waals surface area contributed by atoms with Crippen molar-refractivity contribution in [2.24, 2.45) is 11.8 Å². The molecule has 0 aromatic rings. The van der Waals surface area contributed by atoms with Crippen LogP contribution in [0.5, 0.6) is 0 Å². The van der Waals surface area contributed by atoms with E-state index in [0.29, 0.717) is 18.9 Å². The Morgan fingerprint density at radius 1 is 1.21 bits per heavy atom. The van der Waals surface area contributed by atoms with Gasteiger partial charge in [-0.2, -0.15) is 0 Å². The first-order chi connectivity index (χ1) is 8.79. The second kappa shape index (κ2) is 8.77. The number of aliphatic carboxylic acids is 1. The molecule has 0 radical (unpaired) electrons. The number of nitrogens with one attached hydrogen (secondary N) is 1. The molecule has 0 aliphatic rings. The zero-order valence-corrected chi connectivity index (χ0v) is 12.8. The van der Waals surface area contributed by atoms with Crippen molar-refractivity contribution in [3.8, 4) is 0 Å². The van der Waals surface area contributed by atoms with Gasteiger partial charge in [-0.3, -0.25) is 4.79 Å². The van der Waals surface area contributed by atoms with E-state index in [4.69, 9.17) is 5.11 Å². The molecule has 0 bridgehead atoms. The molecule has 0 aromatic carbocycles. The van der Waals surface area contributed by atoms with Crippen molar-refractivity contribution < 1.29 is 14.7 Å². The van der Waals surface area contributed by atoms with Gasteiger partial charge in [0.15, 0.2) is 0 Å². The van der Waals surface area contributed by atoms with Crippen LogP contribution in [0.25, 0.3) is 0 Å². The van der Waals surface area contributed by atoms with Crippen molar-refractivity contribution in [3.63, 3.8) is 0 Å². The Hall–Kier alpha value is -1.26. The van der Waals surface area contributed by atoms with Gasteiger partial charge in [0, 0.05) is 19.1 Å². The smallest absolute Gasteiger partial charge is 0.317 e. The van der Waals surface area contributed by atoms with E-state index in [-0.39, 0.29) is 18.6 Å². The lowest BCUT2D eigenvalue weighted by Gasteiger charge is -2.29. The van der Waals surface area contributed by atoms with Gasteiger partial charge < -0.3 is 15.3 Å². The van der Waals surface area contributed by atoms with Crippen molar-refractivity contribution in [1.82, 2.24) is 10.2 Å². The van der Waals surface area contributed by atoms with Crippen molar-refractivity contribution in [1.29, 1.82) is 0 Å². The Balaban J connectivity index is 4.42. The predicted molar refractivity (Wildman–Crippen MR) is 76.1 cm³/mol. The molecular formula is C14H28N2O3. The summed E-state index contributed by atoms with van der Waals surface area (Å²) in [6.07, 6.45) is 1.38. The molecule has 1 unspecified atom stereocenters. The largest absolute Gasteiger partial charge is 0.481 e. The van der Waals surface area contributed by atoms with Gasteiger partial charge in [0.05, 0.1) is 5.92 Å². The molecule has 0 aromatic heterocycles. The molecule has 112 valence electrons. The van der Waals surface area contributed by atoms with Gasteiger partial charge >= 0.3 is 12.0 Å². The molecule has 0 spiro atoms. The molecule has 0 saturated heterocycles. The zero-order chi connectivity index (χ0) is 15.0. The maximum atomic E-state index is 12.1. The normalized spacial score (nSPS) is 12.6. The van der Waals surface area contributed by atoms with Crippen LogP contribution in [0.2, 0.25) is 0 Å². The number of carboxylic acids is 1. The first-order valence-electron chi connectivity index (χ1n) is 7.06. The summed E-state index contributed by atoms with van der Waals surface area (Å²) in [5.74, 6) is -0.955. The molecule has 5 nitrogen and oxygen atoms in total. The van der Waals surface area contributed by atoms with E-state index >= 15 is 0 Å². The molecule has 0 heterocycles. The highest BCUT2D eigenvalue weighted by Gasteiger charge is 2.21. The highest BCUT2D eigenvalue weighted by Crippen LogP contribution is 2.07. The van der Waals surface area contributed by atoms with Crippen molar-refractivity contribution in [2.75, 3.05) is 13.1 Å². The number of carbonyl (C=O) groups excluding carboxylic acids is 1. The number of amides is 2. The van der Waals surface area contributed by atoms with E-state index in [2.05, 4.69) is 19.2 Å². The van der Waals surface area contributed by atoms with E-state index in [1.54, 1.807) is 4.90 Å². The fourth-order valence-electron chi connectivity index (χ4n) is 1.89. The van der Waals surface area contributed by atoms with Gasteiger partial charge in [-0.15, -0.1) is 0 Å². The SMILES string of the molecule is CCCC(CNC(=O)N(CC(C)C)C(C)C)C(=O)O. The highest BCUT2D eigenvalue weighted by atomic mass is 16.4. The molecule has 0 fully saturated rings. The molecular weight excluding hydrogens is 244 g/mol. The minimum atomic E-state index is -0.845. The number of hydrogen-bond donors (Lipinski definition) is 2. The topological polar surface area (TPSA) is 69.6 Å². The molecule has 0 aliphatic carbocycles. The summed E-state index contributed by atoms with van der Waals surface area (Å²) in [6.45, 7) is 10.8. The molecule has 19 heavy (non-hydrogen) atoms. The van der Waals surface area contributed by atoms with Crippen molar-refractivity contribution >= 4 is 12.0 Å². The third kappa shape index (κ3) is 7.03. The summed E-state index contributed by atoms with van der Waals surface area (Å²) >= 11 is 0. The van der Waals surface area contributed by atoms with E-state index in [0.717, 1.165) is 6.42 Å². The number of urea groups is 1. The molecule has 1 atom stereocenters. The van der Waals surface area contributed by atoms with E-state index in [1.165, 1.54) is 0 Å². The second-order valence-corrected chi connectivity index (χ2v) is 5.65. The molecule has 0 aliphatic heterocycles. The minimum absolute atomic E-state index is 0.108. The molecule has 2 N–H and O–H groups in total. The Labute approximate surface area is 116 Å². The number of rotatable bonds is 8. The number of nitrogens with zero attached hydrogens (tertiary/aromatic N) is 1.